The normalized spacial score (nSPS) is 11.2. The van der Waals surface area contributed by atoms with Crippen molar-refractivity contribution in [3.63, 3.8) is 0 Å². The highest BCUT2D eigenvalue weighted by Crippen LogP contribution is 2.32. The van der Waals surface area contributed by atoms with Crippen molar-refractivity contribution in [3.05, 3.63) is 77.7 Å². The summed E-state index contributed by atoms with van der Waals surface area (Å²) in [4.78, 5) is 17.5. The Bertz CT molecular complexity index is 1130. The fourth-order valence-corrected chi connectivity index (χ4v) is 3.53. The maximum atomic E-state index is 12.9. The van der Waals surface area contributed by atoms with Gasteiger partial charge in [-0.1, -0.05) is 41.2 Å². The van der Waals surface area contributed by atoms with Gasteiger partial charge in [-0.3, -0.25) is 4.79 Å². The number of ether oxygens (including phenoxy) is 1. The molecule has 0 spiro atoms. The minimum absolute atomic E-state index is 0.192. The van der Waals surface area contributed by atoms with Gasteiger partial charge in [-0.15, -0.1) is 0 Å². The summed E-state index contributed by atoms with van der Waals surface area (Å²) < 4.78 is 11.4. The maximum Gasteiger partial charge on any atom is 0.316 e. The van der Waals surface area contributed by atoms with Gasteiger partial charge in [0.1, 0.15) is 5.75 Å². The van der Waals surface area contributed by atoms with Gasteiger partial charge in [0.2, 0.25) is 5.13 Å². The highest BCUT2D eigenvalue weighted by atomic mass is 32.1. The first kappa shape index (κ1) is 17.9. The van der Waals surface area contributed by atoms with Crippen LogP contribution in [0.3, 0.4) is 0 Å². The lowest BCUT2D eigenvalue weighted by Gasteiger charge is -2.11. The summed E-state index contributed by atoms with van der Waals surface area (Å²) >= 11 is 1.36. The molecule has 0 atom stereocenters. The van der Waals surface area contributed by atoms with Crippen molar-refractivity contribution in [1.29, 1.82) is 0 Å². The van der Waals surface area contributed by atoms with Crippen LogP contribution in [0.25, 0.3) is 10.2 Å². The molecule has 0 aliphatic heterocycles. The second-order valence-electron chi connectivity index (χ2n) is 6.08. The Morgan fingerprint density at radius 1 is 1.21 bits per heavy atom. The van der Waals surface area contributed by atoms with Crippen LogP contribution in [0.2, 0.25) is 0 Å². The largest absolute Gasteiger partial charge is 0.497 e. The van der Waals surface area contributed by atoms with E-state index < -0.39 is 0 Å². The number of carbonyl (C=O) groups excluding carboxylic acids is 1. The number of carbonyl (C=O) groups is 1. The third-order valence-electron chi connectivity index (χ3n) is 4.09. The molecular formula is C21H17N3O3S. The van der Waals surface area contributed by atoms with Gasteiger partial charge >= 0.3 is 5.91 Å². The fraction of sp³-hybridized carbons (Fsp3) is 0.0952. The number of aryl methyl sites for hydroxylation is 1. The first-order valence-corrected chi connectivity index (χ1v) is 9.39. The molecule has 2 aromatic heterocycles. The zero-order valence-corrected chi connectivity index (χ0v) is 16.1. The quantitative estimate of drug-likeness (QED) is 0.359. The molecule has 2 aromatic carbocycles. The Labute approximate surface area is 165 Å². The molecule has 0 saturated heterocycles. The highest BCUT2D eigenvalue weighted by molar-refractivity contribution is 7.22. The average Bonchev–Trinajstić information content (AvgIpc) is 3.38. The van der Waals surface area contributed by atoms with Crippen LogP contribution >= 0.6 is 11.3 Å². The van der Waals surface area contributed by atoms with Gasteiger partial charge in [-0.05, 0) is 42.8 Å². The molecule has 140 valence electrons. The van der Waals surface area contributed by atoms with Crippen molar-refractivity contribution in [2.24, 2.45) is 5.10 Å². The van der Waals surface area contributed by atoms with Crippen LogP contribution in [-0.2, 0) is 0 Å². The van der Waals surface area contributed by atoms with E-state index in [2.05, 4.69) is 10.1 Å². The molecule has 0 radical (unpaired) electrons. The van der Waals surface area contributed by atoms with Gasteiger partial charge in [0.25, 0.3) is 0 Å². The lowest BCUT2D eigenvalue weighted by Crippen LogP contribution is -2.25. The molecule has 0 fully saturated rings. The molecule has 4 rings (SSSR count). The van der Waals surface area contributed by atoms with E-state index in [0.717, 1.165) is 27.1 Å². The van der Waals surface area contributed by atoms with Crippen molar-refractivity contribution in [3.8, 4) is 5.75 Å². The Kier molecular flexibility index (Phi) is 4.90. The summed E-state index contributed by atoms with van der Waals surface area (Å²) in [6.07, 6.45) is 3.09. The highest BCUT2D eigenvalue weighted by Gasteiger charge is 2.23. The Hall–Kier alpha value is -3.45. The van der Waals surface area contributed by atoms with Gasteiger partial charge in [-0.2, -0.15) is 10.1 Å². The number of hydrogen-bond acceptors (Lipinski definition) is 6. The second-order valence-corrected chi connectivity index (χ2v) is 7.09. The number of rotatable bonds is 5. The number of furan rings is 1. The molecule has 4 aromatic rings. The summed E-state index contributed by atoms with van der Waals surface area (Å²) in [7, 11) is 1.61. The minimum Gasteiger partial charge on any atom is -0.497 e. The third kappa shape index (κ3) is 3.65. The van der Waals surface area contributed by atoms with E-state index in [1.807, 2.05) is 49.4 Å². The molecule has 7 heteroatoms. The Balaban J connectivity index is 1.74. The first-order valence-electron chi connectivity index (χ1n) is 8.57. The van der Waals surface area contributed by atoms with Crippen LogP contribution in [0, 0.1) is 6.92 Å². The predicted octanol–water partition coefficient (Wildman–Crippen LogP) is 4.89. The number of hydrogen-bond donors (Lipinski definition) is 0. The van der Waals surface area contributed by atoms with E-state index in [-0.39, 0.29) is 11.7 Å². The topological polar surface area (TPSA) is 67.9 Å². The van der Waals surface area contributed by atoms with Gasteiger partial charge < -0.3 is 9.15 Å². The lowest BCUT2D eigenvalue weighted by atomic mass is 10.2. The monoisotopic (exact) mass is 391 g/mol. The second kappa shape index (κ2) is 7.66. The number of methoxy groups -OCH3 is 1. The molecule has 0 aliphatic carbocycles. The van der Waals surface area contributed by atoms with E-state index in [1.54, 1.807) is 25.5 Å². The molecule has 2 heterocycles. The standard InChI is InChI=1S/C21H17N3O3S/c1-14-5-7-15(8-6-14)13-22-24(20(25)18-4-3-11-27-18)21-23-17-10-9-16(26-2)12-19(17)28-21/h3-13H,1-2H3/b22-13+. The van der Waals surface area contributed by atoms with Crippen LogP contribution in [0.4, 0.5) is 5.13 Å². The number of anilines is 1. The molecule has 6 nitrogen and oxygen atoms in total. The Morgan fingerprint density at radius 2 is 2.04 bits per heavy atom. The molecule has 0 saturated carbocycles. The van der Waals surface area contributed by atoms with Crippen molar-refractivity contribution >= 4 is 38.8 Å². The van der Waals surface area contributed by atoms with Crippen LogP contribution < -0.4 is 9.75 Å². The number of nitrogens with zero attached hydrogens (tertiary/aromatic N) is 3. The van der Waals surface area contributed by atoms with E-state index in [1.165, 1.54) is 22.6 Å². The summed E-state index contributed by atoms with van der Waals surface area (Å²) in [5.74, 6) is 0.534. The summed E-state index contributed by atoms with van der Waals surface area (Å²) in [6, 6.07) is 16.7. The van der Waals surface area contributed by atoms with E-state index in [9.17, 15) is 4.79 Å². The molecule has 0 N–H and O–H groups in total. The molecule has 28 heavy (non-hydrogen) atoms. The molecule has 0 unspecified atom stereocenters. The molecular weight excluding hydrogens is 374 g/mol. The molecule has 0 aliphatic rings. The number of hydrazone groups is 1. The smallest absolute Gasteiger partial charge is 0.316 e. The van der Waals surface area contributed by atoms with Crippen LogP contribution in [0.15, 0.2) is 70.4 Å². The molecule has 0 bridgehead atoms. The number of amides is 1. The van der Waals surface area contributed by atoms with Crippen molar-refractivity contribution in [1.82, 2.24) is 4.98 Å². The van der Waals surface area contributed by atoms with Crippen LogP contribution in [-0.4, -0.2) is 24.2 Å². The number of aromatic nitrogens is 1. The van der Waals surface area contributed by atoms with Gasteiger partial charge in [0.05, 0.1) is 29.8 Å². The van der Waals surface area contributed by atoms with Crippen LogP contribution in [0.1, 0.15) is 21.7 Å². The summed E-state index contributed by atoms with van der Waals surface area (Å²) in [6.45, 7) is 2.02. The zero-order valence-electron chi connectivity index (χ0n) is 15.3. The van der Waals surface area contributed by atoms with Crippen molar-refractivity contribution < 1.29 is 13.9 Å². The van der Waals surface area contributed by atoms with Gasteiger partial charge in [0, 0.05) is 0 Å². The fourth-order valence-electron chi connectivity index (χ4n) is 2.58. The van der Waals surface area contributed by atoms with Crippen LogP contribution in [0.5, 0.6) is 5.75 Å². The van der Waals surface area contributed by atoms with Crippen molar-refractivity contribution in [2.75, 3.05) is 12.1 Å². The predicted molar refractivity (Wildman–Crippen MR) is 110 cm³/mol. The maximum absolute atomic E-state index is 12.9. The number of thiazole rings is 1. The molecule has 1 amide bonds. The minimum atomic E-state index is -0.389. The lowest BCUT2D eigenvalue weighted by molar-refractivity contribution is 0.0961. The average molecular weight is 391 g/mol. The number of fused-ring (bicyclic) bond motifs is 1. The Morgan fingerprint density at radius 3 is 2.75 bits per heavy atom. The zero-order chi connectivity index (χ0) is 19.5. The summed E-state index contributed by atoms with van der Waals surface area (Å²) in [5.41, 5.74) is 2.80. The summed E-state index contributed by atoms with van der Waals surface area (Å²) in [5, 5.41) is 6.11. The third-order valence-corrected chi connectivity index (χ3v) is 5.08. The van der Waals surface area contributed by atoms with E-state index >= 15 is 0 Å². The van der Waals surface area contributed by atoms with E-state index in [4.69, 9.17) is 9.15 Å². The van der Waals surface area contributed by atoms with Gasteiger partial charge in [-0.25, -0.2) is 4.98 Å². The first-order chi connectivity index (χ1) is 13.6. The number of benzene rings is 2. The van der Waals surface area contributed by atoms with Crippen molar-refractivity contribution in [2.45, 2.75) is 6.92 Å². The van der Waals surface area contributed by atoms with Gasteiger partial charge in [0.15, 0.2) is 5.76 Å². The SMILES string of the molecule is COc1ccc2nc(N(/N=C/c3ccc(C)cc3)C(=O)c3ccco3)sc2c1. The van der Waals surface area contributed by atoms with E-state index in [0.29, 0.717) is 5.13 Å².